The van der Waals surface area contributed by atoms with Crippen molar-refractivity contribution in [2.45, 2.75) is 13.8 Å². The average Bonchev–Trinajstić information content (AvgIpc) is 1.72. The third-order valence-corrected chi connectivity index (χ3v) is 1.32. The maximum absolute atomic E-state index is 9.66. The van der Waals surface area contributed by atoms with Gasteiger partial charge in [0.25, 0.3) is 20.8 Å². The Bertz CT molecular complexity index is 403. The molecule has 0 saturated heterocycles. The maximum Gasteiger partial charge on any atom is 2.00 e. The first-order valence-electron chi connectivity index (χ1n) is 3.15. The fraction of sp³-hybridized carbons (Fsp3) is 0.500. The Morgan fingerprint density at radius 3 is 1.00 bits per heavy atom. The van der Waals surface area contributed by atoms with Crippen molar-refractivity contribution < 1.29 is 43.9 Å². The molecule has 0 rings (SSSR count). The van der Waals surface area contributed by atoms with E-state index in [-0.39, 0.29) is 23.9 Å². The Labute approximate surface area is 114 Å². The molecule has 0 aromatic heterocycles. The molecular weight excluding hydrogens is 391 g/mol. The number of carbonyl (C=O) groups excluding carboxylic acids is 2. The first-order valence-corrected chi connectivity index (χ1v) is 5.82. The SMILES string of the molecule is CC(=O)OS(=O)(=O)[O-].CC(=O)OS(=O)(=O)[O-].[Sn+2]. The van der Waals surface area contributed by atoms with Crippen molar-refractivity contribution in [3.63, 3.8) is 0 Å². The minimum Gasteiger partial charge on any atom is -0.716 e. The van der Waals surface area contributed by atoms with Gasteiger partial charge in [-0.15, -0.1) is 0 Å². The summed E-state index contributed by atoms with van der Waals surface area (Å²) < 4.78 is 63.1. The fourth-order valence-corrected chi connectivity index (χ4v) is 0.862. The standard InChI is InChI=1S/2C2H4O5S.Sn/c2*1-2(3)7-8(4,5)6;/h2*1H3,(H,4,5,6);/q;;+2/p-2. The van der Waals surface area contributed by atoms with Crippen molar-refractivity contribution in [2.75, 3.05) is 0 Å². The van der Waals surface area contributed by atoms with Crippen LogP contribution in [0.15, 0.2) is 0 Å². The molecule has 0 spiro atoms. The van der Waals surface area contributed by atoms with Crippen LogP contribution in [0.25, 0.3) is 0 Å². The second-order valence-electron chi connectivity index (χ2n) is 1.97. The molecule has 0 aromatic carbocycles. The van der Waals surface area contributed by atoms with Gasteiger partial charge < -0.3 is 17.5 Å². The van der Waals surface area contributed by atoms with E-state index in [4.69, 9.17) is 0 Å². The van der Waals surface area contributed by atoms with Crippen LogP contribution in [-0.4, -0.2) is 61.8 Å². The van der Waals surface area contributed by atoms with Crippen LogP contribution < -0.4 is 0 Å². The second kappa shape index (κ2) is 8.62. The summed E-state index contributed by atoms with van der Waals surface area (Å²) in [5.41, 5.74) is 0. The van der Waals surface area contributed by atoms with Crippen LogP contribution in [0.4, 0.5) is 0 Å². The third kappa shape index (κ3) is 31.3. The van der Waals surface area contributed by atoms with Gasteiger partial charge in [-0.05, 0) is 0 Å². The van der Waals surface area contributed by atoms with Gasteiger partial charge in [0.1, 0.15) is 0 Å². The van der Waals surface area contributed by atoms with E-state index in [1.807, 2.05) is 0 Å². The fourth-order valence-electron chi connectivity index (χ4n) is 0.287. The predicted molar refractivity (Wildman–Crippen MR) is 48.7 cm³/mol. The van der Waals surface area contributed by atoms with Crippen molar-refractivity contribution in [3.8, 4) is 0 Å². The van der Waals surface area contributed by atoms with Gasteiger partial charge in [0.2, 0.25) is 0 Å². The second-order valence-corrected chi connectivity index (χ2v) is 3.93. The number of rotatable bonds is 2. The van der Waals surface area contributed by atoms with Crippen LogP contribution in [-0.2, 0) is 38.8 Å². The van der Waals surface area contributed by atoms with Gasteiger partial charge >= 0.3 is 35.8 Å². The molecule has 0 N–H and O–H groups in total. The molecule has 0 unspecified atom stereocenters. The third-order valence-electron chi connectivity index (χ3n) is 0.439. The Kier molecular flexibility index (Phi) is 11.1. The number of hydrogen-bond acceptors (Lipinski definition) is 10. The summed E-state index contributed by atoms with van der Waals surface area (Å²) >= 11 is 0. The van der Waals surface area contributed by atoms with Crippen molar-refractivity contribution in [3.05, 3.63) is 0 Å². The van der Waals surface area contributed by atoms with Crippen LogP contribution in [0.5, 0.6) is 0 Å². The molecule has 0 aromatic rings. The Morgan fingerprint density at radius 1 is 0.824 bits per heavy atom. The smallest absolute Gasteiger partial charge is 0.716 e. The van der Waals surface area contributed by atoms with Gasteiger partial charge in [0.15, 0.2) is 0 Å². The zero-order chi connectivity index (χ0) is 13.6. The zero-order valence-electron chi connectivity index (χ0n) is 8.40. The molecule has 0 bridgehead atoms. The summed E-state index contributed by atoms with van der Waals surface area (Å²) in [6.07, 6.45) is 0. The topological polar surface area (TPSA) is 167 Å². The predicted octanol–water partition coefficient (Wildman–Crippen LogP) is -2.36. The summed E-state index contributed by atoms with van der Waals surface area (Å²) in [4.78, 5) is 19.3. The van der Waals surface area contributed by atoms with E-state index in [1.165, 1.54) is 0 Å². The molecule has 0 atom stereocenters. The van der Waals surface area contributed by atoms with Gasteiger partial charge in [-0.2, -0.15) is 0 Å². The summed E-state index contributed by atoms with van der Waals surface area (Å²) in [6, 6.07) is 0. The van der Waals surface area contributed by atoms with Crippen LogP contribution in [0.2, 0.25) is 0 Å². The molecule has 2 radical (unpaired) electrons. The van der Waals surface area contributed by atoms with Crippen LogP contribution in [0.1, 0.15) is 13.8 Å². The Balaban J connectivity index is -0.000000218. The molecule has 0 saturated carbocycles. The van der Waals surface area contributed by atoms with Crippen molar-refractivity contribution in [1.29, 1.82) is 0 Å². The number of carbonyl (C=O) groups is 2. The summed E-state index contributed by atoms with van der Waals surface area (Å²) in [5.74, 6) is -2.25. The molecule has 13 heteroatoms. The summed E-state index contributed by atoms with van der Waals surface area (Å²) in [6.45, 7) is 1.66. The molecule has 10 nitrogen and oxygen atoms in total. The minimum absolute atomic E-state index is 0. The van der Waals surface area contributed by atoms with Crippen LogP contribution >= 0.6 is 0 Å². The minimum atomic E-state index is -4.82. The summed E-state index contributed by atoms with van der Waals surface area (Å²) in [5, 5.41) is 0. The van der Waals surface area contributed by atoms with E-state index < -0.39 is 32.7 Å². The quantitative estimate of drug-likeness (QED) is 0.279. The van der Waals surface area contributed by atoms with E-state index in [9.17, 15) is 35.5 Å². The first kappa shape index (κ1) is 21.8. The van der Waals surface area contributed by atoms with E-state index in [0.29, 0.717) is 0 Å². The summed E-state index contributed by atoms with van der Waals surface area (Å²) in [7, 11) is -9.65. The molecule has 0 aliphatic carbocycles. The van der Waals surface area contributed by atoms with Gasteiger partial charge in [0.05, 0.1) is 0 Å². The van der Waals surface area contributed by atoms with Crippen LogP contribution in [0.3, 0.4) is 0 Å². The molecule has 0 aliphatic rings. The average molecular weight is 397 g/mol. The monoisotopic (exact) mass is 398 g/mol. The molecule has 0 heterocycles. The molecule has 98 valence electrons. The van der Waals surface area contributed by atoms with Crippen molar-refractivity contribution in [2.24, 2.45) is 0 Å². The normalized spacial score (nSPS) is 10.1. The Morgan fingerprint density at radius 2 is 1.00 bits per heavy atom. The molecule has 0 fully saturated rings. The molecule has 0 amide bonds. The Hall–Kier alpha value is -0.441. The van der Waals surface area contributed by atoms with E-state index in [0.717, 1.165) is 13.8 Å². The van der Waals surface area contributed by atoms with Gasteiger partial charge in [-0.3, -0.25) is 9.59 Å². The van der Waals surface area contributed by atoms with E-state index in [2.05, 4.69) is 8.37 Å². The first-order chi connectivity index (χ1) is 6.83. The van der Waals surface area contributed by atoms with Crippen LogP contribution in [0, 0.1) is 0 Å². The van der Waals surface area contributed by atoms with E-state index >= 15 is 0 Å². The largest absolute Gasteiger partial charge is 2.00 e. The molecule has 0 aliphatic heterocycles. The molecule has 17 heavy (non-hydrogen) atoms. The van der Waals surface area contributed by atoms with Gasteiger partial charge in [0, 0.05) is 13.8 Å². The van der Waals surface area contributed by atoms with Gasteiger partial charge in [-0.1, -0.05) is 0 Å². The van der Waals surface area contributed by atoms with Gasteiger partial charge in [-0.25, -0.2) is 16.8 Å². The van der Waals surface area contributed by atoms with Crippen molar-refractivity contribution in [1.82, 2.24) is 0 Å². The zero-order valence-corrected chi connectivity index (χ0v) is 12.9. The molecular formula is C4H6O10S2Sn. The maximum atomic E-state index is 9.66. The van der Waals surface area contributed by atoms with E-state index in [1.54, 1.807) is 0 Å². The van der Waals surface area contributed by atoms with Crippen molar-refractivity contribution >= 4 is 56.6 Å². The number of hydrogen-bond donors (Lipinski definition) is 0.